The van der Waals surface area contributed by atoms with Crippen LogP contribution in [-0.2, 0) is 20.9 Å². The summed E-state index contributed by atoms with van der Waals surface area (Å²) in [5.41, 5.74) is 1.87. The summed E-state index contributed by atoms with van der Waals surface area (Å²) in [6, 6.07) is 15.6. The molecule has 0 bridgehead atoms. The van der Waals surface area contributed by atoms with Gasteiger partial charge < -0.3 is 9.88 Å². The second-order valence-electron chi connectivity index (χ2n) is 6.44. The first-order valence-electron chi connectivity index (χ1n) is 8.82. The van der Waals surface area contributed by atoms with E-state index in [0.717, 1.165) is 10.9 Å². The van der Waals surface area contributed by atoms with E-state index in [0.29, 0.717) is 11.3 Å². The van der Waals surface area contributed by atoms with Gasteiger partial charge in [0, 0.05) is 28.4 Å². The molecule has 3 N–H and O–H groups in total. The normalized spacial score (nSPS) is 13.8. The highest BCUT2D eigenvalue weighted by molar-refractivity contribution is 6.31. The van der Waals surface area contributed by atoms with Crippen molar-refractivity contribution in [3.8, 4) is 0 Å². The molecule has 3 aromatic rings. The zero-order chi connectivity index (χ0) is 20.4. The van der Waals surface area contributed by atoms with Gasteiger partial charge in [-0.25, -0.2) is 4.79 Å². The minimum absolute atomic E-state index is 0.0511. The Balaban J connectivity index is 1.66. The van der Waals surface area contributed by atoms with Crippen LogP contribution in [-0.4, -0.2) is 28.3 Å². The fraction of sp³-hybridized carbons (Fsp3) is 0.0476. The van der Waals surface area contributed by atoms with Crippen molar-refractivity contribution in [2.45, 2.75) is 6.54 Å². The Hall–Kier alpha value is -4.20. The Morgan fingerprint density at radius 2 is 1.59 bits per heavy atom. The van der Waals surface area contributed by atoms with E-state index in [2.05, 4.69) is 5.32 Å². The number of carbonyl (C=O) groups excluding carboxylic acids is 4. The number of hydrogen-bond donors (Lipinski definition) is 3. The van der Waals surface area contributed by atoms with Crippen LogP contribution in [0, 0.1) is 0 Å². The highest BCUT2D eigenvalue weighted by atomic mass is 16.2. The van der Waals surface area contributed by atoms with Gasteiger partial charge >= 0.3 is 6.03 Å². The van der Waals surface area contributed by atoms with Gasteiger partial charge in [-0.2, -0.15) is 0 Å². The van der Waals surface area contributed by atoms with Crippen molar-refractivity contribution >= 4 is 46.4 Å². The van der Waals surface area contributed by atoms with E-state index in [9.17, 15) is 19.2 Å². The van der Waals surface area contributed by atoms with E-state index in [1.54, 1.807) is 22.9 Å². The number of aromatic nitrogens is 1. The number of benzene rings is 2. The monoisotopic (exact) mass is 388 g/mol. The summed E-state index contributed by atoms with van der Waals surface area (Å²) in [5.74, 6) is -1.75. The first-order chi connectivity index (χ1) is 14.0. The number of nitrogens with one attached hydrogen (secondary N) is 3. The number of imide groups is 2. The van der Waals surface area contributed by atoms with Gasteiger partial charge in [-0.1, -0.05) is 36.4 Å². The van der Waals surface area contributed by atoms with Crippen LogP contribution in [0.4, 0.5) is 10.5 Å². The summed E-state index contributed by atoms with van der Waals surface area (Å²) in [6.45, 7) is 0.0511. The summed E-state index contributed by atoms with van der Waals surface area (Å²) in [6.07, 6.45) is 3.10. The maximum Gasteiger partial charge on any atom is 0.328 e. The van der Waals surface area contributed by atoms with Crippen LogP contribution in [0.25, 0.3) is 17.0 Å². The third-order valence-corrected chi connectivity index (χ3v) is 4.43. The number of barbiturate groups is 1. The van der Waals surface area contributed by atoms with Crippen molar-refractivity contribution in [2.75, 3.05) is 5.32 Å². The Morgan fingerprint density at radius 3 is 2.31 bits per heavy atom. The van der Waals surface area contributed by atoms with Gasteiger partial charge in [-0.3, -0.25) is 25.0 Å². The molecule has 0 unspecified atom stereocenters. The number of amides is 5. The predicted molar refractivity (Wildman–Crippen MR) is 107 cm³/mol. The van der Waals surface area contributed by atoms with Gasteiger partial charge in [0.05, 0.1) is 0 Å². The Morgan fingerprint density at radius 1 is 0.931 bits per heavy atom. The maximum absolute atomic E-state index is 12.5. The molecule has 0 saturated carbocycles. The minimum atomic E-state index is -0.850. The van der Waals surface area contributed by atoms with E-state index in [4.69, 9.17) is 0 Å². The highest BCUT2D eigenvalue weighted by Crippen LogP contribution is 2.24. The van der Waals surface area contributed by atoms with Gasteiger partial charge in [-0.15, -0.1) is 0 Å². The number of nitrogens with zero attached hydrogens (tertiary/aromatic N) is 1. The molecule has 0 radical (unpaired) electrons. The van der Waals surface area contributed by atoms with Crippen molar-refractivity contribution < 1.29 is 19.2 Å². The molecule has 144 valence electrons. The molecule has 1 saturated heterocycles. The topological polar surface area (TPSA) is 109 Å². The number of rotatable bonds is 4. The first kappa shape index (κ1) is 18.2. The van der Waals surface area contributed by atoms with Crippen LogP contribution in [0.5, 0.6) is 0 Å². The van der Waals surface area contributed by atoms with Gasteiger partial charge in [0.2, 0.25) is 5.91 Å². The van der Waals surface area contributed by atoms with Gasteiger partial charge in [0.25, 0.3) is 11.8 Å². The van der Waals surface area contributed by atoms with Crippen molar-refractivity contribution in [3.63, 3.8) is 0 Å². The van der Waals surface area contributed by atoms with E-state index >= 15 is 0 Å². The summed E-state index contributed by atoms with van der Waals surface area (Å²) in [4.78, 5) is 47.7. The Bertz CT molecular complexity index is 1160. The second kappa shape index (κ2) is 7.43. The van der Waals surface area contributed by atoms with Crippen LogP contribution in [0.3, 0.4) is 0 Å². The number of carbonyl (C=O) groups is 4. The molecular weight excluding hydrogens is 372 g/mol. The van der Waals surface area contributed by atoms with Crippen LogP contribution >= 0.6 is 0 Å². The summed E-state index contributed by atoms with van der Waals surface area (Å²) < 4.78 is 1.74. The molecule has 2 heterocycles. The van der Waals surface area contributed by atoms with E-state index in [-0.39, 0.29) is 18.0 Å². The molecule has 0 atom stereocenters. The molecule has 8 heteroatoms. The molecule has 4 rings (SSSR count). The van der Waals surface area contributed by atoms with E-state index in [1.807, 2.05) is 53.1 Å². The summed E-state index contributed by atoms with van der Waals surface area (Å²) >= 11 is 0. The average molecular weight is 388 g/mol. The molecule has 0 spiro atoms. The number of urea groups is 1. The lowest BCUT2D eigenvalue weighted by Gasteiger charge is -2.13. The molecule has 1 aliphatic heterocycles. The smallest absolute Gasteiger partial charge is 0.328 e. The lowest BCUT2D eigenvalue weighted by Crippen LogP contribution is -2.51. The van der Waals surface area contributed by atoms with E-state index in [1.165, 1.54) is 6.08 Å². The summed E-state index contributed by atoms with van der Waals surface area (Å²) in [5, 5.41) is 7.68. The Kier molecular flexibility index (Phi) is 4.66. The van der Waals surface area contributed by atoms with Crippen LogP contribution in [0.2, 0.25) is 0 Å². The molecule has 2 aromatic carbocycles. The fourth-order valence-corrected chi connectivity index (χ4v) is 3.16. The number of fused-ring (bicyclic) bond motifs is 1. The van der Waals surface area contributed by atoms with E-state index < -0.39 is 17.8 Å². The molecule has 29 heavy (non-hydrogen) atoms. The third kappa shape index (κ3) is 3.77. The lowest BCUT2D eigenvalue weighted by atomic mass is 10.1. The molecule has 1 aliphatic rings. The zero-order valence-electron chi connectivity index (χ0n) is 15.1. The molecule has 5 amide bonds. The lowest BCUT2D eigenvalue weighted by molar-refractivity contribution is -0.124. The van der Waals surface area contributed by atoms with Gasteiger partial charge in [-0.05, 0) is 24.3 Å². The highest BCUT2D eigenvalue weighted by Gasteiger charge is 2.28. The van der Waals surface area contributed by atoms with Gasteiger partial charge in [0.15, 0.2) is 0 Å². The standard InChI is InChI=1S/C21H16N4O4/c26-18(22-14-6-2-1-3-7-14)12-25-11-13(15-8-4-5-9-17(15)25)10-16-19(27)23-21(29)24-20(16)28/h1-11H,12H2,(H,22,26)(H2,23,24,27,28,29). The molecular formula is C21H16N4O4. The maximum atomic E-state index is 12.5. The SMILES string of the molecule is O=C(Cn1cc(C=C2C(=O)NC(=O)NC2=O)c2ccccc21)Nc1ccccc1. The van der Waals surface area contributed by atoms with Crippen molar-refractivity contribution in [3.05, 3.63) is 71.9 Å². The van der Waals surface area contributed by atoms with Crippen molar-refractivity contribution in [2.24, 2.45) is 0 Å². The zero-order valence-corrected chi connectivity index (χ0v) is 15.1. The van der Waals surface area contributed by atoms with Gasteiger partial charge in [0.1, 0.15) is 12.1 Å². The van der Waals surface area contributed by atoms with Crippen LogP contribution < -0.4 is 16.0 Å². The average Bonchev–Trinajstić information content (AvgIpc) is 3.03. The fourth-order valence-electron chi connectivity index (χ4n) is 3.16. The number of hydrogen-bond acceptors (Lipinski definition) is 4. The molecule has 1 aromatic heterocycles. The van der Waals surface area contributed by atoms with Crippen molar-refractivity contribution in [1.29, 1.82) is 0 Å². The summed E-state index contributed by atoms with van der Waals surface area (Å²) in [7, 11) is 0. The Labute approximate surface area is 165 Å². The van der Waals surface area contributed by atoms with Crippen LogP contribution in [0.15, 0.2) is 66.4 Å². The second-order valence-corrected chi connectivity index (χ2v) is 6.44. The first-order valence-corrected chi connectivity index (χ1v) is 8.82. The quantitative estimate of drug-likeness (QED) is 0.469. The largest absolute Gasteiger partial charge is 0.337 e. The van der Waals surface area contributed by atoms with Crippen molar-refractivity contribution in [1.82, 2.24) is 15.2 Å². The molecule has 1 fully saturated rings. The number of anilines is 1. The minimum Gasteiger partial charge on any atom is -0.337 e. The van der Waals surface area contributed by atoms with Crippen LogP contribution in [0.1, 0.15) is 5.56 Å². The molecule has 0 aliphatic carbocycles. The number of para-hydroxylation sites is 2. The third-order valence-electron chi connectivity index (χ3n) is 4.43. The predicted octanol–water partition coefficient (Wildman–Crippen LogP) is 2.03. The molecule has 8 nitrogen and oxygen atoms in total.